The number of benzene rings is 3. The summed E-state index contributed by atoms with van der Waals surface area (Å²) in [4.78, 5) is 29.3. The van der Waals surface area contributed by atoms with Crippen LogP contribution in [0.25, 0.3) is 11.3 Å². The number of para-hydroxylation sites is 1. The van der Waals surface area contributed by atoms with Gasteiger partial charge in [-0.05, 0) is 38.1 Å². The Morgan fingerprint density at radius 2 is 1.72 bits per heavy atom. The molecule has 1 aromatic heterocycles. The maximum absolute atomic E-state index is 13.9. The normalized spacial score (nSPS) is 17.0. The molecule has 0 saturated heterocycles. The third-order valence-electron chi connectivity index (χ3n) is 6.64. The summed E-state index contributed by atoms with van der Waals surface area (Å²) in [6.07, 6.45) is 0. The minimum absolute atomic E-state index is 0.215. The Bertz CT molecular complexity index is 1410. The number of methoxy groups -OCH3 is 1. The molecule has 0 radical (unpaired) electrons. The number of ether oxygens (including phenoxy) is 1. The summed E-state index contributed by atoms with van der Waals surface area (Å²) in [5.74, 6) is 0.152. The van der Waals surface area contributed by atoms with Crippen molar-refractivity contribution in [2.45, 2.75) is 32.5 Å². The third kappa shape index (κ3) is 4.13. The van der Waals surface area contributed by atoms with Gasteiger partial charge < -0.3 is 10.1 Å². The Hall–Kier alpha value is -4.39. The van der Waals surface area contributed by atoms with Crippen molar-refractivity contribution in [3.8, 4) is 17.0 Å². The van der Waals surface area contributed by atoms with Crippen LogP contribution in [0.1, 0.15) is 28.5 Å². The highest BCUT2D eigenvalue weighted by atomic mass is 16.5. The molecule has 5 rings (SSSR count). The summed E-state index contributed by atoms with van der Waals surface area (Å²) in [5.41, 5.74) is 3.44. The van der Waals surface area contributed by atoms with Gasteiger partial charge in [0.1, 0.15) is 17.0 Å². The molecule has 0 saturated carbocycles. The number of nitrogens with one attached hydrogen (secondary N) is 1. The summed E-state index contributed by atoms with van der Waals surface area (Å²) in [6, 6.07) is 26.7. The lowest BCUT2D eigenvalue weighted by Crippen LogP contribution is -2.64. The van der Waals surface area contributed by atoms with E-state index in [2.05, 4.69) is 5.32 Å². The van der Waals surface area contributed by atoms with E-state index in [-0.39, 0.29) is 24.9 Å². The fourth-order valence-corrected chi connectivity index (χ4v) is 4.64. The molecule has 7 nitrogen and oxygen atoms in total. The number of carbonyl (C=O) groups is 2. The van der Waals surface area contributed by atoms with E-state index in [1.165, 1.54) is 0 Å². The molecular weight excluding hydrogens is 452 g/mol. The summed E-state index contributed by atoms with van der Waals surface area (Å²) in [5, 5.41) is 7.74. The summed E-state index contributed by atoms with van der Waals surface area (Å²) in [6.45, 7) is 4.26. The van der Waals surface area contributed by atoms with Crippen molar-refractivity contribution >= 4 is 17.5 Å². The van der Waals surface area contributed by atoms with Gasteiger partial charge in [0.25, 0.3) is 5.91 Å². The molecule has 182 valence electrons. The van der Waals surface area contributed by atoms with Crippen LogP contribution in [0, 0.1) is 6.92 Å². The van der Waals surface area contributed by atoms with Gasteiger partial charge in [0, 0.05) is 23.4 Å². The van der Waals surface area contributed by atoms with Crippen LogP contribution in [-0.2, 0) is 17.9 Å². The van der Waals surface area contributed by atoms with Crippen molar-refractivity contribution in [3.05, 3.63) is 102 Å². The van der Waals surface area contributed by atoms with Gasteiger partial charge in [0.05, 0.1) is 19.3 Å². The number of aryl methyl sites for hydroxylation is 1. The van der Waals surface area contributed by atoms with Crippen molar-refractivity contribution in [1.29, 1.82) is 0 Å². The number of aromatic nitrogens is 2. The van der Waals surface area contributed by atoms with Crippen molar-refractivity contribution < 1.29 is 14.3 Å². The van der Waals surface area contributed by atoms with Gasteiger partial charge in [-0.25, -0.2) is 0 Å². The predicted octanol–water partition coefficient (Wildman–Crippen LogP) is 4.60. The number of fused-ring (bicyclic) bond motifs is 1. The first-order valence-corrected chi connectivity index (χ1v) is 11.9. The largest absolute Gasteiger partial charge is 0.496 e. The molecule has 4 aromatic rings. The number of anilines is 1. The van der Waals surface area contributed by atoms with Crippen LogP contribution in [0.3, 0.4) is 0 Å². The average molecular weight is 481 g/mol. The lowest BCUT2D eigenvalue weighted by Gasteiger charge is -2.43. The van der Waals surface area contributed by atoms with Crippen LogP contribution in [0.5, 0.6) is 5.75 Å². The maximum atomic E-state index is 13.9. The Kier molecular flexibility index (Phi) is 6.06. The van der Waals surface area contributed by atoms with Crippen molar-refractivity contribution in [2.24, 2.45) is 0 Å². The van der Waals surface area contributed by atoms with Gasteiger partial charge in [-0.15, -0.1) is 0 Å². The molecule has 1 aliphatic heterocycles. The van der Waals surface area contributed by atoms with Crippen LogP contribution in [0.4, 0.5) is 5.69 Å². The average Bonchev–Trinajstić information content (AvgIpc) is 3.33. The molecule has 2 amide bonds. The minimum Gasteiger partial charge on any atom is -0.496 e. The molecule has 7 heteroatoms. The van der Waals surface area contributed by atoms with Gasteiger partial charge in [-0.2, -0.15) is 5.10 Å². The van der Waals surface area contributed by atoms with E-state index in [0.717, 1.165) is 16.7 Å². The molecular formula is C29H28N4O3. The Morgan fingerprint density at radius 3 is 2.44 bits per heavy atom. The van der Waals surface area contributed by atoms with E-state index in [0.29, 0.717) is 22.8 Å². The highest BCUT2D eigenvalue weighted by Gasteiger charge is 2.48. The van der Waals surface area contributed by atoms with Gasteiger partial charge in [0.15, 0.2) is 0 Å². The zero-order valence-corrected chi connectivity index (χ0v) is 20.6. The molecule has 1 atom stereocenters. The number of rotatable bonds is 6. The monoisotopic (exact) mass is 480 g/mol. The SMILES string of the molecule is COc1ccccc1CNC(=O)[C@]1(C)Cn2nc(-c3ccccc3)cc2C(=O)N1c1ccc(C)cc1. The molecule has 36 heavy (non-hydrogen) atoms. The molecule has 0 unspecified atom stereocenters. The minimum atomic E-state index is -1.21. The van der Waals surface area contributed by atoms with E-state index in [4.69, 9.17) is 9.84 Å². The van der Waals surface area contributed by atoms with Crippen LogP contribution in [0.15, 0.2) is 84.9 Å². The second-order valence-electron chi connectivity index (χ2n) is 9.18. The quantitative estimate of drug-likeness (QED) is 0.438. The number of hydrogen-bond donors (Lipinski definition) is 1. The standard InChI is InChI=1S/C29H28N4O3/c1-20-13-15-23(16-14-20)33-27(34)25-17-24(21-9-5-4-6-10-21)31-32(25)19-29(33,2)28(35)30-18-22-11-7-8-12-26(22)36-3/h4-17H,18-19H2,1-3H3,(H,30,35)/t29-/m0/s1. The number of nitrogens with zero attached hydrogens (tertiary/aromatic N) is 3. The van der Waals surface area contributed by atoms with Crippen LogP contribution < -0.4 is 15.0 Å². The van der Waals surface area contributed by atoms with E-state index in [1.54, 1.807) is 29.7 Å². The molecule has 1 N–H and O–H groups in total. The van der Waals surface area contributed by atoms with E-state index in [9.17, 15) is 9.59 Å². The summed E-state index contributed by atoms with van der Waals surface area (Å²) < 4.78 is 7.08. The van der Waals surface area contributed by atoms with E-state index in [1.807, 2.05) is 85.8 Å². The fourth-order valence-electron chi connectivity index (χ4n) is 4.64. The first kappa shape index (κ1) is 23.4. The Labute approximate surface area is 210 Å². The summed E-state index contributed by atoms with van der Waals surface area (Å²) in [7, 11) is 1.60. The lowest BCUT2D eigenvalue weighted by atomic mass is 9.93. The topological polar surface area (TPSA) is 76.5 Å². The Morgan fingerprint density at radius 1 is 1.03 bits per heavy atom. The van der Waals surface area contributed by atoms with Crippen LogP contribution in [0.2, 0.25) is 0 Å². The molecule has 0 aliphatic carbocycles. The number of carbonyl (C=O) groups excluding carboxylic acids is 2. The third-order valence-corrected chi connectivity index (χ3v) is 6.64. The van der Waals surface area contributed by atoms with Crippen LogP contribution >= 0.6 is 0 Å². The predicted molar refractivity (Wildman–Crippen MR) is 139 cm³/mol. The second-order valence-corrected chi connectivity index (χ2v) is 9.18. The zero-order valence-electron chi connectivity index (χ0n) is 20.6. The highest BCUT2D eigenvalue weighted by molar-refractivity contribution is 6.12. The molecule has 0 bridgehead atoms. The first-order valence-electron chi connectivity index (χ1n) is 11.9. The maximum Gasteiger partial charge on any atom is 0.277 e. The molecule has 0 fully saturated rings. The first-order chi connectivity index (χ1) is 17.4. The lowest BCUT2D eigenvalue weighted by molar-refractivity contribution is -0.126. The van der Waals surface area contributed by atoms with Gasteiger partial charge >= 0.3 is 0 Å². The molecule has 1 aliphatic rings. The van der Waals surface area contributed by atoms with Gasteiger partial charge in [-0.1, -0.05) is 66.2 Å². The number of amides is 2. The molecule has 2 heterocycles. The fraction of sp³-hybridized carbons (Fsp3) is 0.207. The van der Waals surface area contributed by atoms with Crippen molar-refractivity contribution in [3.63, 3.8) is 0 Å². The van der Waals surface area contributed by atoms with Crippen LogP contribution in [-0.4, -0.2) is 34.2 Å². The summed E-state index contributed by atoms with van der Waals surface area (Å²) >= 11 is 0. The van der Waals surface area contributed by atoms with E-state index < -0.39 is 5.54 Å². The number of hydrogen-bond acceptors (Lipinski definition) is 4. The smallest absolute Gasteiger partial charge is 0.277 e. The van der Waals surface area contributed by atoms with Gasteiger partial charge in [-0.3, -0.25) is 19.2 Å². The Balaban J connectivity index is 1.53. The second kappa shape index (κ2) is 9.34. The van der Waals surface area contributed by atoms with Crippen molar-refractivity contribution in [2.75, 3.05) is 12.0 Å². The highest BCUT2D eigenvalue weighted by Crippen LogP contribution is 2.34. The molecule has 0 spiro atoms. The molecule has 3 aromatic carbocycles. The zero-order chi connectivity index (χ0) is 25.3. The van der Waals surface area contributed by atoms with Gasteiger partial charge in [0.2, 0.25) is 5.91 Å². The van der Waals surface area contributed by atoms with E-state index >= 15 is 0 Å². The van der Waals surface area contributed by atoms with Crippen molar-refractivity contribution in [1.82, 2.24) is 15.1 Å².